The Bertz CT molecular complexity index is 703. The lowest BCUT2D eigenvalue weighted by Gasteiger charge is -2.17. The Hall–Kier alpha value is -2.13. The van der Waals surface area contributed by atoms with Crippen molar-refractivity contribution in [3.63, 3.8) is 0 Å². The van der Waals surface area contributed by atoms with Crippen molar-refractivity contribution in [2.24, 2.45) is 5.73 Å². The van der Waals surface area contributed by atoms with E-state index in [4.69, 9.17) is 5.73 Å². The van der Waals surface area contributed by atoms with Gasteiger partial charge in [0, 0.05) is 25.2 Å². The van der Waals surface area contributed by atoms with Gasteiger partial charge in [0.05, 0.1) is 5.52 Å². The molecule has 0 spiro atoms. The molecule has 1 unspecified atom stereocenters. The number of hydrogen-bond donors (Lipinski definition) is 1. The summed E-state index contributed by atoms with van der Waals surface area (Å²) < 4.78 is 15.5. The number of hydrogen-bond acceptors (Lipinski definition) is 1. The van der Waals surface area contributed by atoms with Crippen LogP contribution in [0.25, 0.3) is 10.9 Å². The minimum Gasteiger partial charge on any atom is -0.347 e. The summed E-state index contributed by atoms with van der Waals surface area (Å²) in [7, 11) is 0. The molecule has 1 atom stereocenters. The molecule has 2 N–H and O–H groups in total. The van der Waals surface area contributed by atoms with E-state index in [1.165, 1.54) is 11.6 Å². The van der Waals surface area contributed by atoms with Crippen LogP contribution in [-0.4, -0.2) is 11.1 Å². The Morgan fingerprint density at radius 2 is 1.85 bits per heavy atom. The average Bonchev–Trinajstić information content (AvgIpc) is 2.88. The first-order valence-electron chi connectivity index (χ1n) is 6.77. The van der Waals surface area contributed by atoms with Crippen LogP contribution >= 0.6 is 0 Å². The second-order valence-corrected chi connectivity index (χ2v) is 5.01. The van der Waals surface area contributed by atoms with Gasteiger partial charge in [-0.15, -0.1) is 0 Å². The molecule has 0 radical (unpaired) electrons. The summed E-state index contributed by atoms with van der Waals surface area (Å²) in [6.07, 6.45) is 2.00. The number of aromatic nitrogens is 1. The summed E-state index contributed by atoms with van der Waals surface area (Å²) >= 11 is 0. The summed E-state index contributed by atoms with van der Waals surface area (Å²) in [5.74, 6) is 0.0246. The molecule has 3 rings (SSSR count). The Morgan fingerprint density at radius 1 is 1.05 bits per heavy atom. The molecule has 2 aromatic carbocycles. The van der Waals surface area contributed by atoms with Crippen LogP contribution < -0.4 is 5.73 Å². The molecule has 0 aliphatic rings. The lowest BCUT2D eigenvalue weighted by Crippen LogP contribution is -2.18. The fraction of sp³-hybridized carbons (Fsp3) is 0.176. The first kappa shape index (κ1) is 12.9. The topological polar surface area (TPSA) is 30.9 Å². The number of halogens is 1. The monoisotopic (exact) mass is 268 g/mol. The zero-order valence-electron chi connectivity index (χ0n) is 11.2. The molecule has 20 heavy (non-hydrogen) atoms. The van der Waals surface area contributed by atoms with E-state index in [1.807, 2.05) is 30.5 Å². The highest BCUT2D eigenvalue weighted by molar-refractivity contribution is 5.80. The molecule has 0 saturated carbocycles. The molecule has 2 nitrogen and oxygen atoms in total. The largest absolute Gasteiger partial charge is 0.347 e. The molecule has 0 fully saturated rings. The molecule has 3 aromatic rings. The molecule has 3 heteroatoms. The van der Waals surface area contributed by atoms with Gasteiger partial charge in [-0.25, -0.2) is 4.39 Å². The zero-order valence-corrected chi connectivity index (χ0v) is 11.2. The second-order valence-electron chi connectivity index (χ2n) is 5.01. The quantitative estimate of drug-likeness (QED) is 0.771. The number of rotatable bonds is 4. The van der Waals surface area contributed by atoms with E-state index in [9.17, 15) is 4.39 Å². The molecule has 0 bridgehead atoms. The Kier molecular flexibility index (Phi) is 3.52. The van der Waals surface area contributed by atoms with Crippen LogP contribution in [0.5, 0.6) is 0 Å². The van der Waals surface area contributed by atoms with Gasteiger partial charge < -0.3 is 10.3 Å². The fourth-order valence-corrected chi connectivity index (χ4v) is 2.59. The number of benzene rings is 2. The van der Waals surface area contributed by atoms with Gasteiger partial charge in [-0.05, 0) is 35.2 Å². The zero-order chi connectivity index (χ0) is 13.9. The molecule has 1 aromatic heterocycles. The lowest BCUT2D eigenvalue weighted by atomic mass is 9.99. The predicted octanol–water partition coefficient (Wildman–Crippen LogP) is 3.52. The van der Waals surface area contributed by atoms with E-state index in [2.05, 4.69) is 16.7 Å². The maximum absolute atomic E-state index is 13.4. The van der Waals surface area contributed by atoms with Gasteiger partial charge in [-0.3, -0.25) is 0 Å². The highest BCUT2D eigenvalue weighted by Gasteiger charge is 2.11. The van der Waals surface area contributed by atoms with Crippen LogP contribution in [0.2, 0.25) is 0 Å². The van der Waals surface area contributed by atoms with Crippen LogP contribution in [0.1, 0.15) is 11.5 Å². The van der Waals surface area contributed by atoms with Crippen molar-refractivity contribution in [1.29, 1.82) is 0 Å². The minimum atomic E-state index is -0.207. The van der Waals surface area contributed by atoms with Crippen molar-refractivity contribution in [3.05, 3.63) is 72.2 Å². The Labute approximate surface area is 117 Å². The van der Waals surface area contributed by atoms with Gasteiger partial charge >= 0.3 is 0 Å². The molecular weight excluding hydrogens is 251 g/mol. The smallest absolute Gasteiger partial charge is 0.125 e. The number of fused-ring (bicyclic) bond motifs is 1. The second kappa shape index (κ2) is 5.47. The normalized spacial score (nSPS) is 12.7. The summed E-state index contributed by atoms with van der Waals surface area (Å²) in [6, 6.07) is 17.1. The van der Waals surface area contributed by atoms with E-state index >= 15 is 0 Å². The molecule has 0 amide bonds. The summed E-state index contributed by atoms with van der Waals surface area (Å²) in [4.78, 5) is 0. The van der Waals surface area contributed by atoms with E-state index in [-0.39, 0.29) is 11.7 Å². The highest BCUT2D eigenvalue weighted by atomic mass is 19.1. The summed E-state index contributed by atoms with van der Waals surface area (Å²) in [5, 5.41) is 1.05. The third-order valence-corrected chi connectivity index (χ3v) is 3.71. The van der Waals surface area contributed by atoms with Gasteiger partial charge in [0.2, 0.25) is 0 Å². The fourth-order valence-electron chi connectivity index (χ4n) is 2.59. The molecule has 102 valence electrons. The van der Waals surface area contributed by atoms with Crippen LogP contribution in [-0.2, 0) is 6.54 Å². The standard InChI is InChI=1S/C17H17FN2/c18-16-7-6-14-8-9-20(17(14)10-16)12-15(11-19)13-4-2-1-3-5-13/h1-10,15H,11-12,19H2. The van der Waals surface area contributed by atoms with Crippen molar-refractivity contribution in [1.82, 2.24) is 4.57 Å². The lowest BCUT2D eigenvalue weighted by molar-refractivity contribution is 0.578. The van der Waals surface area contributed by atoms with Gasteiger partial charge in [0.25, 0.3) is 0 Å². The van der Waals surface area contributed by atoms with Crippen molar-refractivity contribution < 1.29 is 4.39 Å². The van der Waals surface area contributed by atoms with Crippen molar-refractivity contribution in [2.75, 3.05) is 6.54 Å². The first-order chi connectivity index (χ1) is 9.78. The molecule has 1 heterocycles. The van der Waals surface area contributed by atoms with Crippen LogP contribution in [0.4, 0.5) is 4.39 Å². The maximum atomic E-state index is 13.4. The van der Waals surface area contributed by atoms with Crippen molar-refractivity contribution >= 4 is 10.9 Å². The van der Waals surface area contributed by atoms with Gasteiger partial charge in [-0.1, -0.05) is 30.3 Å². The van der Waals surface area contributed by atoms with Crippen molar-refractivity contribution in [3.8, 4) is 0 Å². The average molecular weight is 268 g/mol. The Morgan fingerprint density at radius 3 is 2.60 bits per heavy atom. The number of nitrogens with two attached hydrogens (primary N) is 1. The summed E-state index contributed by atoms with van der Waals surface area (Å²) in [6.45, 7) is 1.33. The SMILES string of the molecule is NCC(Cn1ccc2ccc(F)cc21)c1ccccc1. The van der Waals surface area contributed by atoms with E-state index < -0.39 is 0 Å². The van der Waals surface area contributed by atoms with Gasteiger partial charge in [0.1, 0.15) is 5.82 Å². The van der Waals surface area contributed by atoms with Gasteiger partial charge in [0.15, 0.2) is 0 Å². The van der Waals surface area contributed by atoms with Crippen LogP contribution in [0.15, 0.2) is 60.8 Å². The van der Waals surface area contributed by atoms with E-state index in [0.29, 0.717) is 6.54 Å². The first-order valence-corrected chi connectivity index (χ1v) is 6.77. The highest BCUT2D eigenvalue weighted by Crippen LogP contribution is 2.22. The third kappa shape index (κ3) is 2.45. The van der Waals surface area contributed by atoms with Crippen molar-refractivity contribution in [2.45, 2.75) is 12.5 Å². The third-order valence-electron chi connectivity index (χ3n) is 3.71. The Balaban J connectivity index is 1.93. The molecule has 0 aliphatic carbocycles. The van der Waals surface area contributed by atoms with Crippen LogP contribution in [0, 0.1) is 5.82 Å². The summed E-state index contributed by atoms with van der Waals surface area (Å²) in [5.41, 5.74) is 8.04. The van der Waals surface area contributed by atoms with Gasteiger partial charge in [-0.2, -0.15) is 0 Å². The molecular formula is C17H17FN2. The van der Waals surface area contributed by atoms with E-state index in [0.717, 1.165) is 17.4 Å². The minimum absolute atomic E-state index is 0.207. The van der Waals surface area contributed by atoms with E-state index in [1.54, 1.807) is 12.1 Å². The number of nitrogens with zero attached hydrogens (tertiary/aromatic N) is 1. The molecule has 0 aliphatic heterocycles. The molecule has 0 saturated heterocycles. The van der Waals surface area contributed by atoms with Crippen LogP contribution in [0.3, 0.4) is 0 Å². The predicted molar refractivity (Wildman–Crippen MR) is 80.1 cm³/mol. The maximum Gasteiger partial charge on any atom is 0.125 e.